The number of amides is 1. The number of carbonyl (C=O) groups excluding carboxylic acids is 1. The van der Waals surface area contributed by atoms with Crippen molar-refractivity contribution in [2.24, 2.45) is 4.99 Å². The lowest BCUT2D eigenvalue weighted by molar-refractivity contribution is -0.119. The lowest BCUT2D eigenvalue weighted by Crippen LogP contribution is -2.47. The zero-order valence-corrected chi connectivity index (χ0v) is 11.1. The molecule has 19 heavy (non-hydrogen) atoms. The number of carbonyl (C=O) groups is 1. The van der Waals surface area contributed by atoms with E-state index in [9.17, 15) is 4.79 Å². The minimum absolute atomic E-state index is 0.00296. The van der Waals surface area contributed by atoms with E-state index in [1.54, 1.807) is 0 Å². The molecule has 1 atom stereocenters. The molecule has 0 bridgehead atoms. The molecule has 4 heteroatoms. The molecule has 1 aromatic rings. The molecule has 100 valence electrons. The fourth-order valence-electron chi connectivity index (χ4n) is 2.89. The van der Waals surface area contributed by atoms with E-state index in [0.717, 1.165) is 18.7 Å². The molecule has 1 unspecified atom stereocenters. The highest BCUT2D eigenvalue weighted by Crippen LogP contribution is 2.36. The Bertz CT molecular complexity index is 504. The number of hydrogen-bond acceptors (Lipinski definition) is 3. The molecule has 1 amide bonds. The van der Waals surface area contributed by atoms with E-state index in [4.69, 9.17) is 4.74 Å². The second-order valence-corrected chi connectivity index (χ2v) is 5.20. The first kappa shape index (κ1) is 12.4. The van der Waals surface area contributed by atoms with Crippen LogP contribution in [0, 0.1) is 0 Å². The quantitative estimate of drug-likeness (QED) is 0.877. The van der Waals surface area contributed by atoms with Crippen molar-refractivity contribution in [3.63, 3.8) is 0 Å². The van der Waals surface area contributed by atoms with Gasteiger partial charge in [0, 0.05) is 13.2 Å². The molecule has 1 N–H and O–H groups in total. The number of ether oxygens (including phenoxy) is 1. The Morgan fingerprint density at radius 1 is 1.26 bits per heavy atom. The van der Waals surface area contributed by atoms with Gasteiger partial charge < -0.3 is 10.1 Å². The molecule has 0 aromatic heterocycles. The number of hydrogen-bond donors (Lipinski definition) is 1. The third kappa shape index (κ3) is 2.06. The SMILES string of the molecule is CC1N=C(C2(c3ccccc3)CCOCC2)NC1=O. The van der Waals surface area contributed by atoms with Gasteiger partial charge in [-0.05, 0) is 25.3 Å². The molecular formula is C15H18N2O2. The van der Waals surface area contributed by atoms with Crippen molar-refractivity contribution in [1.82, 2.24) is 5.32 Å². The first-order valence-electron chi connectivity index (χ1n) is 6.75. The van der Waals surface area contributed by atoms with E-state index >= 15 is 0 Å². The van der Waals surface area contributed by atoms with Gasteiger partial charge in [0.25, 0.3) is 0 Å². The summed E-state index contributed by atoms with van der Waals surface area (Å²) >= 11 is 0. The van der Waals surface area contributed by atoms with Crippen LogP contribution in [0.4, 0.5) is 0 Å². The summed E-state index contributed by atoms with van der Waals surface area (Å²) in [5.74, 6) is 0.816. The van der Waals surface area contributed by atoms with Crippen LogP contribution < -0.4 is 5.32 Å². The average molecular weight is 258 g/mol. The Balaban J connectivity index is 2.03. The van der Waals surface area contributed by atoms with Crippen molar-refractivity contribution < 1.29 is 9.53 Å². The topological polar surface area (TPSA) is 50.7 Å². The highest BCUT2D eigenvalue weighted by Gasteiger charge is 2.43. The van der Waals surface area contributed by atoms with Crippen molar-refractivity contribution in [3.05, 3.63) is 35.9 Å². The Morgan fingerprint density at radius 2 is 1.95 bits per heavy atom. The van der Waals surface area contributed by atoms with Gasteiger partial charge in [-0.1, -0.05) is 30.3 Å². The zero-order valence-electron chi connectivity index (χ0n) is 11.1. The van der Waals surface area contributed by atoms with Crippen LogP contribution in [-0.2, 0) is 14.9 Å². The molecule has 0 spiro atoms. The van der Waals surface area contributed by atoms with Crippen molar-refractivity contribution >= 4 is 11.7 Å². The van der Waals surface area contributed by atoms with Crippen LogP contribution in [0.2, 0.25) is 0 Å². The van der Waals surface area contributed by atoms with Crippen molar-refractivity contribution in [2.45, 2.75) is 31.2 Å². The summed E-state index contributed by atoms with van der Waals surface area (Å²) in [5, 5.41) is 2.97. The fraction of sp³-hybridized carbons (Fsp3) is 0.467. The maximum absolute atomic E-state index is 11.7. The summed E-state index contributed by atoms with van der Waals surface area (Å²) in [6, 6.07) is 10.0. The van der Waals surface area contributed by atoms with Crippen LogP contribution in [0.25, 0.3) is 0 Å². The number of nitrogens with zero attached hydrogens (tertiary/aromatic N) is 1. The first-order valence-corrected chi connectivity index (χ1v) is 6.75. The highest BCUT2D eigenvalue weighted by molar-refractivity contribution is 6.10. The van der Waals surface area contributed by atoms with Crippen LogP contribution >= 0.6 is 0 Å². The fourth-order valence-corrected chi connectivity index (χ4v) is 2.89. The number of aliphatic imine (C=N–C) groups is 1. The molecule has 2 heterocycles. The molecule has 4 nitrogen and oxygen atoms in total. The van der Waals surface area contributed by atoms with E-state index in [2.05, 4.69) is 22.4 Å². The van der Waals surface area contributed by atoms with Crippen LogP contribution in [-0.4, -0.2) is 31.0 Å². The second-order valence-electron chi connectivity index (χ2n) is 5.20. The van der Waals surface area contributed by atoms with Crippen molar-refractivity contribution in [1.29, 1.82) is 0 Å². The monoisotopic (exact) mass is 258 g/mol. The first-order chi connectivity index (χ1) is 9.22. The number of amidine groups is 1. The molecule has 2 aliphatic heterocycles. The lowest BCUT2D eigenvalue weighted by Gasteiger charge is -2.37. The maximum Gasteiger partial charge on any atom is 0.249 e. The van der Waals surface area contributed by atoms with Crippen LogP contribution in [0.3, 0.4) is 0 Å². The van der Waals surface area contributed by atoms with Crippen LogP contribution in [0.15, 0.2) is 35.3 Å². The minimum atomic E-state index is -0.279. The highest BCUT2D eigenvalue weighted by atomic mass is 16.5. The normalized spacial score (nSPS) is 25.8. The Labute approximate surface area is 112 Å². The van der Waals surface area contributed by atoms with Gasteiger partial charge in [-0.2, -0.15) is 0 Å². The van der Waals surface area contributed by atoms with E-state index in [1.807, 2.05) is 25.1 Å². The number of rotatable bonds is 2. The van der Waals surface area contributed by atoms with Gasteiger partial charge in [-0.15, -0.1) is 0 Å². The predicted molar refractivity (Wildman–Crippen MR) is 73.2 cm³/mol. The lowest BCUT2D eigenvalue weighted by atomic mass is 9.73. The number of benzene rings is 1. The van der Waals surface area contributed by atoms with E-state index in [0.29, 0.717) is 13.2 Å². The van der Waals surface area contributed by atoms with E-state index < -0.39 is 0 Å². The molecule has 1 fully saturated rings. The summed E-state index contributed by atoms with van der Waals surface area (Å²) in [6.07, 6.45) is 1.73. The summed E-state index contributed by atoms with van der Waals surface area (Å²) in [6.45, 7) is 3.25. The molecule has 2 aliphatic rings. The Kier molecular flexibility index (Phi) is 3.11. The van der Waals surface area contributed by atoms with Crippen molar-refractivity contribution in [3.8, 4) is 0 Å². The molecular weight excluding hydrogens is 240 g/mol. The van der Waals surface area contributed by atoms with Crippen LogP contribution in [0.1, 0.15) is 25.3 Å². The summed E-state index contributed by atoms with van der Waals surface area (Å²) < 4.78 is 5.49. The molecule has 0 aliphatic carbocycles. The van der Waals surface area contributed by atoms with Gasteiger partial charge in [0.1, 0.15) is 11.9 Å². The molecule has 1 saturated heterocycles. The molecule has 3 rings (SSSR count). The number of nitrogens with one attached hydrogen (secondary N) is 1. The van der Waals surface area contributed by atoms with Gasteiger partial charge >= 0.3 is 0 Å². The van der Waals surface area contributed by atoms with Crippen LogP contribution in [0.5, 0.6) is 0 Å². The molecule has 1 aromatic carbocycles. The standard InChI is InChI=1S/C15H18N2O2/c1-11-13(18)17-14(16-11)15(7-9-19-10-8-15)12-5-3-2-4-6-12/h2-6,11H,7-10H2,1H3,(H,16,17,18). The summed E-state index contributed by atoms with van der Waals surface area (Å²) in [5.41, 5.74) is 1.02. The average Bonchev–Trinajstić information content (AvgIpc) is 2.81. The summed E-state index contributed by atoms with van der Waals surface area (Å²) in [4.78, 5) is 16.3. The third-order valence-corrected chi connectivity index (χ3v) is 4.07. The summed E-state index contributed by atoms with van der Waals surface area (Å²) in [7, 11) is 0. The van der Waals surface area contributed by atoms with Gasteiger partial charge in [0.2, 0.25) is 5.91 Å². The Morgan fingerprint density at radius 3 is 2.53 bits per heavy atom. The molecule has 0 saturated carbocycles. The predicted octanol–water partition coefficient (Wildman–Crippen LogP) is 1.65. The van der Waals surface area contributed by atoms with Gasteiger partial charge in [-0.3, -0.25) is 9.79 Å². The molecule has 0 radical (unpaired) electrons. The van der Waals surface area contributed by atoms with Gasteiger partial charge in [0.15, 0.2) is 0 Å². The third-order valence-electron chi connectivity index (χ3n) is 4.07. The minimum Gasteiger partial charge on any atom is -0.381 e. The zero-order chi connectivity index (χ0) is 13.3. The van der Waals surface area contributed by atoms with Crippen molar-refractivity contribution in [2.75, 3.05) is 13.2 Å². The van der Waals surface area contributed by atoms with Gasteiger partial charge in [0.05, 0.1) is 5.41 Å². The maximum atomic E-state index is 11.7. The van der Waals surface area contributed by atoms with Gasteiger partial charge in [-0.25, -0.2) is 0 Å². The Hall–Kier alpha value is -1.68. The largest absolute Gasteiger partial charge is 0.381 e. The van der Waals surface area contributed by atoms with E-state index in [-0.39, 0.29) is 17.4 Å². The smallest absolute Gasteiger partial charge is 0.249 e. The second kappa shape index (κ2) is 4.78. The van der Waals surface area contributed by atoms with E-state index in [1.165, 1.54) is 5.56 Å².